The summed E-state index contributed by atoms with van der Waals surface area (Å²) in [6, 6.07) is 5.86. The molecule has 1 aromatic carbocycles. The number of benzene rings is 1. The van der Waals surface area contributed by atoms with Crippen LogP contribution >= 0.6 is 0 Å². The van der Waals surface area contributed by atoms with E-state index in [0.717, 1.165) is 0 Å². The van der Waals surface area contributed by atoms with E-state index in [-0.39, 0.29) is 53.6 Å². The molecule has 1 aliphatic heterocycles. The van der Waals surface area contributed by atoms with Gasteiger partial charge >= 0.3 is 12.7 Å². The highest BCUT2D eigenvalue weighted by atomic mass is 19.3. The quantitative estimate of drug-likeness (QED) is 0.239. The van der Waals surface area contributed by atoms with Crippen molar-refractivity contribution in [3.63, 3.8) is 0 Å². The van der Waals surface area contributed by atoms with E-state index < -0.39 is 29.8 Å². The molecule has 0 spiro atoms. The number of hydrogen-bond acceptors (Lipinski definition) is 10. The Morgan fingerprint density at radius 3 is 2.66 bits per heavy atom. The number of carbonyl (C=O) groups excluding carboxylic acids is 2. The Morgan fingerprint density at radius 2 is 1.91 bits per heavy atom. The van der Waals surface area contributed by atoms with E-state index in [9.17, 15) is 23.5 Å². The van der Waals surface area contributed by atoms with Gasteiger partial charge in [-0.25, -0.2) is 14.3 Å². The summed E-state index contributed by atoms with van der Waals surface area (Å²) in [5, 5.41) is 26.4. The van der Waals surface area contributed by atoms with Gasteiger partial charge in [0.25, 0.3) is 5.91 Å². The molecule has 2 N–H and O–H groups in total. The molecule has 47 heavy (non-hydrogen) atoms. The fourth-order valence-electron chi connectivity index (χ4n) is 5.05. The minimum Gasteiger partial charge on any atom is -0.454 e. The summed E-state index contributed by atoms with van der Waals surface area (Å²) in [6.07, 6.45) is 8.53. The molecule has 0 bridgehead atoms. The Hall–Kier alpha value is -5.58. The number of alkyl halides is 2. The molecular formula is C30H31F2N9O6. The number of aromatic nitrogens is 7. The van der Waals surface area contributed by atoms with E-state index in [4.69, 9.17) is 14.2 Å². The first kappa shape index (κ1) is 31.4. The lowest BCUT2D eigenvalue weighted by atomic mass is 9.95. The van der Waals surface area contributed by atoms with Crippen LogP contribution in [0.25, 0.3) is 16.9 Å². The minimum atomic E-state index is -3.13. The molecular weight excluding hydrogens is 620 g/mol. The van der Waals surface area contributed by atoms with Crippen molar-refractivity contribution in [2.45, 2.75) is 45.1 Å². The lowest BCUT2D eigenvalue weighted by Gasteiger charge is -2.46. The van der Waals surface area contributed by atoms with Crippen LogP contribution in [0.3, 0.4) is 0 Å². The van der Waals surface area contributed by atoms with Crippen molar-refractivity contribution >= 4 is 23.3 Å². The predicted molar refractivity (Wildman–Crippen MR) is 161 cm³/mol. The van der Waals surface area contributed by atoms with Crippen LogP contribution < -0.4 is 14.8 Å². The monoisotopic (exact) mass is 651 g/mol. The first-order valence-corrected chi connectivity index (χ1v) is 14.4. The number of aryl methyl sites for hydroxylation is 1. The number of β-amino-alcohol motifs (C(OH)–C–C–N with tert-alkyl or cyclic N) is 1. The maximum Gasteiger partial charge on any atom is 0.410 e. The van der Waals surface area contributed by atoms with Gasteiger partial charge in [-0.1, -0.05) is 0 Å². The van der Waals surface area contributed by atoms with Gasteiger partial charge in [-0.3, -0.25) is 14.2 Å². The van der Waals surface area contributed by atoms with Gasteiger partial charge in [0.05, 0.1) is 49.5 Å². The molecule has 0 radical (unpaired) electrons. The van der Waals surface area contributed by atoms with Crippen LogP contribution in [0, 0.1) is 0 Å². The number of nitrogens with zero attached hydrogens (tertiary/aromatic N) is 8. The highest BCUT2D eigenvalue weighted by Gasteiger charge is 2.45. The maximum atomic E-state index is 13.4. The van der Waals surface area contributed by atoms with Crippen molar-refractivity contribution in [2.24, 2.45) is 7.05 Å². The Balaban J connectivity index is 1.20. The second kappa shape index (κ2) is 12.0. The Morgan fingerprint density at radius 1 is 1.13 bits per heavy atom. The molecule has 5 heterocycles. The number of rotatable bonds is 9. The molecule has 4 aromatic heterocycles. The van der Waals surface area contributed by atoms with Crippen molar-refractivity contribution in [2.75, 3.05) is 18.4 Å². The molecule has 246 valence electrons. The second-order valence-corrected chi connectivity index (χ2v) is 12.0. The fourth-order valence-corrected chi connectivity index (χ4v) is 5.05. The molecule has 2 amide bonds. The number of fused-ring (bicyclic) bond motifs is 1. The molecule has 0 atom stereocenters. The van der Waals surface area contributed by atoms with E-state index in [1.807, 2.05) is 0 Å². The minimum absolute atomic E-state index is 0.0732. The molecule has 17 heteroatoms. The molecule has 0 aliphatic carbocycles. The van der Waals surface area contributed by atoms with Crippen LogP contribution in [0.1, 0.15) is 31.1 Å². The van der Waals surface area contributed by atoms with Crippen molar-refractivity contribution in [1.29, 1.82) is 0 Å². The van der Waals surface area contributed by atoms with Crippen molar-refractivity contribution in [1.82, 2.24) is 39.1 Å². The lowest BCUT2D eigenvalue weighted by molar-refractivity contribution is -0.108. The number of anilines is 1. The number of nitrogens with one attached hydrogen (secondary N) is 1. The summed E-state index contributed by atoms with van der Waals surface area (Å²) < 4.78 is 47.2. The largest absolute Gasteiger partial charge is 0.454 e. The van der Waals surface area contributed by atoms with Crippen LogP contribution in [0.4, 0.5) is 19.3 Å². The second-order valence-electron chi connectivity index (χ2n) is 12.0. The van der Waals surface area contributed by atoms with E-state index >= 15 is 0 Å². The molecule has 1 saturated heterocycles. The Kier molecular flexibility index (Phi) is 8.00. The Bertz CT molecular complexity index is 1940. The van der Waals surface area contributed by atoms with Crippen molar-refractivity contribution in [3.05, 3.63) is 67.0 Å². The third-order valence-electron chi connectivity index (χ3n) is 6.95. The summed E-state index contributed by atoms with van der Waals surface area (Å²) in [6.45, 7) is 2.39. The maximum absolute atomic E-state index is 13.4. The number of carbonyl (C=O) groups is 2. The fraction of sp³-hybridized carbons (Fsp3) is 0.333. The number of ether oxygens (including phenoxy) is 3. The first-order chi connectivity index (χ1) is 22.2. The normalized spacial score (nSPS) is 14.3. The highest BCUT2D eigenvalue weighted by molar-refractivity contribution is 6.09. The van der Waals surface area contributed by atoms with Crippen molar-refractivity contribution < 1.29 is 37.7 Å². The van der Waals surface area contributed by atoms with Gasteiger partial charge in [-0.15, -0.1) is 0 Å². The number of amides is 2. The summed E-state index contributed by atoms with van der Waals surface area (Å²) in [4.78, 5) is 31.1. The molecule has 0 saturated carbocycles. The van der Waals surface area contributed by atoms with E-state index in [1.54, 1.807) is 46.3 Å². The summed E-state index contributed by atoms with van der Waals surface area (Å²) >= 11 is 0. The van der Waals surface area contributed by atoms with Crippen LogP contribution in [0.2, 0.25) is 0 Å². The number of likely N-dealkylation sites (tertiary alicyclic amines) is 1. The summed E-state index contributed by atoms with van der Waals surface area (Å²) in [5.74, 6) is -0.210. The van der Waals surface area contributed by atoms with Crippen molar-refractivity contribution in [3.8, 4) is 28.5 Å². The third-order valence-corrected chi connectivity index (χ3v) is 6.95. The van der Waals surface area contributed by atoms with E-state index in [1.165, 1.54) is 61.8 Å². The van der Waals surface area contributed by atoms with Gasteiger partial charge in [-0.05, 0) is 45.0 Å². The third kappa shape index (κ3) is 6.99. The molecule has 0 unspecified atom stereocenters. The molecule has 1 aliphatic rings. The van der Waals surface area contributed by atoms with Gasteiger partial charge in [0.2, 0.25) is 0 Å². The number of hydrogen-bond donors (Lipinski definition) is 2. The standard InChI is InChI=1S/C30H31F2N9O6/c1-29(2,3)47-28(43)39-15-30(44,16-39)17-40-13-19(11-34-40)45-18-6-7-23(46-27(31)32)20(10-18)24-22(14-38(4)37-24)36-26(42)21-12-35-41-9-5-8-33-25(21)41/h5-14,27,44H,15-17H2,1-4H3,(H,36,42). The topological polar surface area (TPSA) is 163 Å². The zero-order valence-electron chi connectivity index (χ0n) is 25.8. The average molecular weight is 652 g/mol. The van der Waals surface area contributed by atoms with Gasteiger partial charge in [0.1, 0.15) is 34.0 Å². The predicted octanol–water partition coefficient (Wildman–Crippen LogP) is 3.95. The average Bonchev–Trinajstić information content (AvgIpc) is 3.69. The molecule has 1 fully saturated rings. The SMILES string of the molecule is Cn1cc(NC(=O)c2cnn3cccnc23)c(-c2cc(Oc3cnn(CC4(O)CN(C(=O)OC(C)(C)C)C4)c3)ccc2OC(F)F)n1. The zero-order chi connectivity index (χ0) is 33.5. The molecule has 15 nitrogen and oxygen atoms in total. The molecule has 5 aromatic rings. The molecule has 6 rings (SSSR count). The Labute approximate surface area is 266 Å². The lowest BCUT2D eigenvalue weighted by Crippen LogP contribution is -2.65. The van der Waals surface area contributed by atoms with E-state index in [2.05, 4.69) is 25.6 Å². The smallest absolute Gasteiger partial charge is 0.410 e. The summed E-state index contributed by atoms with van der Waals surface area (Å²) in [7, 11) is 1.61. The highest BCUT2D eigenvalue weighted by Crippen LogP contribution is 2.39. The van der Waals surface area contributed by atoms with Crippen LogP contribution in [0.15, 0.2) is 61.4 Å². The first-order valence-electron chi connectivity index (χ1n) is 14.4. The van der Waals surface area contributed by atoms with Crippen LogP contribution in [-0.2, 0) is 18.3 Å². The zero-order valence-corrected chi connectivity index (χ0v) is 25.8. The van der Waals surface area contributed by atoms with E-state index in [0.29, 0.717) is 11.4 Å². The van der Waals surface area contributed by atoms with Gasteiger partial charge in [0, 0.05) is 25.6 Å². The van der Waals surface area contributed by atoms with Crippen LogP contribution in [0.5, 0.6) is 17.2 Å². The van der Waals surface area contributed by atoms with Gasteiger partial charge in [0.15, 0.2) is 11.4 Å². The number of aliphatic hydroxyl groups is 1. The van der Waals surface area contributed by atoms with Crippen LogP contribution in [-0.4, -0.2) is 87.1 Å². The number of halogens is 2. The summed E-state index contributed by atoms with van der Waals surface area (Å²) in [5.41, 5.74) is -0.853. The van der Waals surface area contributed by atoms with Gasteiger partial charge in [-0.2, -0.15) is 24.1 Å². The van der Waals surface area contributed by atoms with Gasteiger partial charge < -0.3 is 29.5 Å².